The Morgan fingerprint density at radius 1 is 1.53 bits per heavy atom. The van der Waals surface area contributed by atoms with E-state index in [1.54, 1.807) is 24.1 Å². The van der Waals surface area contributed by atoms with E-state index in [-0.39, 0.29) is 17.8 Å². The van der Waals surface area contributed by atoms with E-state index in [2.05, 4.69) is 22.9 Å². The van der Waals surface area contributed by atoms with E-state index in [9.17, 15) is 9.18 Å². The van der Waals surface area contributed by atoms with Crippen LogP contribution in [0.2, 0.25) is 0 Å². The van der Waals surface area contributed by atoms with Crippen LogP contribution in [0, 0.1) is 11.7 Å². The second-order valence-corrected chi connectivity index (χ2v) is 5.94. The maximum atomic E-state index is 13.5. The van der Waals surface area contributed by atoms with Gasteiger partial charge >= 0.3 is 0 Å². The molecule has 2 nitrogen and oxygen atoms in total. The average molecular weight is 326 g/mol. The van der Waals surface area contributed by atoms with E-state index in [0.717, 1.165) is 4.47 Å². The van der Waals surface area contributed by atoms with Crippen molar-refractivity contribution in [2.75, 3.05) is 7.05 Å². The lowest BCUT2D eigenvalue weighted by atomic mass is 10.1. The maximum absolute atomic E-state index is 13.5. The molecule has 0 bridgehead atoms. The molecule has 1 amide bonds. The van der Waals surface area contributed by atoms with E-state index in [0.29, 0.717) is 11.5 Å². The summed E-state index contributed by atoms with van der Waals surface area (Å²) in [5, 5.41) is 0. The van der Waals surface area contributed by atoms with Crippen molar-refractivity contribution in [2.24, 2.45) is 5.92 Å². The van der Waals surface area contributed by atoms with Crippen LogP contribution >= 0.6 is 15.9 Å². The van der Waals surface area contributed by atoms with Gasteiger partial charge in [-0.1, -0.05) is 15.9 Å². The molecule has 1 fully saturated rings. The molecule has 2 rings (SSSR count). The highest BCUT2D eigenvalue weighted by Crippen LogP contribution is 2.34. The molecule has 0 aromatic heterocycles. The van der Waals surface area contributed by atoms with Crippen molar-refractivity contribution in [2.45, 2.75) is 25.8 Å². The molecule has 1 saturated carbocycles. The number of hydrogen-bond donors (Lipinski definition) is 0. The van der Waals surface area contributed by atoms with Crippen LogP contribution in [-0.2, 0) is 4.79 Å². The lowest BCUT2D eigenvalue weighted by molar-refractivity contribution is -0.126. The maximum Gasteiger partial charge on any atom is 0.246 e. The van der Waals surface area contributed by atoms with E-state index in [1.165, 1.54) is 31.1 Å². The average Bonchev–Trinajstić information content (AvgIpc) is 3.22. The van der Waals surface area contributed by atoms with Crippen molar-refractivity contribution in [1.29, 1.82) is 0 Å². The zero-order chi connectivity index (χ0) is 14.0. The van der Waals surface area contributed by atoms with Crippen molar-refractivity contribution in [3.8, 4) is 0 Å². The van der Waals surface area contributed by atoms with Gasteiger partial charge in [-0.2, -0.15) is 0 Å². The molecule has 4 heteroatoms. The SMILES string of the molecule is CC(C1CC1)N(C)C(=O)/C=C/c1cc(Br)ccc1F. The van der Waals surface area contributed by atoms with Gasteiger partial charge in [0.2, 0.25) is 5.91 Å². The molecule has 1 aromatic carbocycles. The summed E-state index contributed by atoms with van der Waals surface area (Å²) in [7, 11) is 1.80. The number of rotatable bonds is 4. The lowest BCUT2D eigenvalue weighted by Gasteiger charge is -2.23. The molecular formula is C15H17BrFNO. The first kappa shape index (κ1) is 14.3. The van der Waals surface area contributed by atoms with Crippen LogP contribution < -0.4 is 0 Å². The molecule has 1 aromatic rings. The van der Waals surface area contributed by atoms with Crippen LogP contribution in [0.25, 0.3) is 6.08 Å². The van der Waals surface area contributed by atoms with Gasteiger partial charge in [0.1, 0.15) is 5.82 Å². The summed E-state index contributed by atoms with van der Waals surface area (Å²) >= 11 is 3.29. The van der Waals surface area contributed by atoms with Crippen molar-refractivity contribution in [3.05, 3.63) is 40.1 Å². The van der Waals surface area contributed by atoms with Crippen LogP contribution in [0.15, 0.2) is 28.7 Å². The van der Waals surface area contributed by atoms with Gasteiger partial charge < -0.3 is 4.90 Å². The van der Waals surface area contributed by atoms with Crippen LogP contribution in [0.3, 0.4) is 0 Å². The van der Waals surface area contributed by atoms with Gasteiger partial charge in [-0.15, -0.1) is 0 Å². The van der Waals surface area contributed by atoms with Crippen molar-refractivity contribution in [1.82, 2.24) is 4.90 Å². The van der Waals surface area contributed by atoms with E-state index < -0.39 is 0 Å². The third-order valence-corrected chi connectivity index (χ3v) is 4.12. The fourth-order valence-corrected chi connectivity index (χ4v) is 2.40. The first-order valence-electron chi connectivity index (χ1n) is 6.39. The first-order chi connectivity index (χ1) is 8.99. The minimum absolute atomic E-state index is 0.0845. The number of benzene rings is 1. The molecule has 0 heterocycles. The summed E-state index contributed by atoms with van der Waals surface area (Å²) in [5.74, 6) is 0.217. The summed E-state index contributed by atoms with van der Waals surface area (Å²) in [6.45, 7) is 2.06. The molecule has 1 atom stereocenters. The molecule has 1 aliphatic rings. The molecule has 0 aliphatic heterocycles. The zero-order valence-electron chi connectivity index (χ0n) is 11.1. The predicted molar refractivity (Wildman–Crippen MR) is 78.1 cm³/mol. The Morgan fingerprint density at radius 2 is 2.21 bits per heavy atom. The van der Waals surface area contributed by atoms with Gasteiger partial charge in [-0.25, -0.2) is 4.39 Å². The van der Waals surface area contributed by atoms with Crippen LogP contribution in [0.5, 0.6) is 0 Å². The normalized spacial score (nSPS) is 16.6. The third kappa shape index (κ3) is 3.66. The molecule has 19 heavy (non-hydrogen) atoms. The number of carbonyl (C=O) groups excluding carboxylic acids is 1. The van der Waals surface area contributed by atoms with E-state index in [4.69, 9.17) is 0 Å². The molecule has 102 valence electrons. The van der Waals surface area contributed by atoms with E-state index in [1.807, 2.05) is 0 Å². The summed E-state index contributed by atoms with van der Waals surface area (Å²) in [5.41, 5.74) is 0.412. The first-order valence-corrected chi connectivity index (χ1v) is 7.18. The van der Waals surface area contributed by atoms with Gasteiger partial charge in [0.25, 0.3) is 0 Å². The minimum Gasteiger partial charge on any atom is -0.339 e. The number of likely N-dealkylation sites (N-methyl/N-ethyl adjacent to an activating group) is 1. The fourth-order valence-electron chi connectivity index (χ4n) is 2.02. The minimum atomic E-state index is -0.329. The number of carbonyl (C=O) groups is 1. The van der Waals surface area contributed by atoms with Gasteiger partial charge in [-0.3, -0.25) is 4.79 Å². The Kier molecular flexibility index (Phi) is 4.40. The largest absolute Gasteiger partial charge is 0.339 e. The zero-order valence-corrected chi connectivity index (χ0v) is 12.7. The van der Waals surface area contributed by atoms with Crippen molar-refractivity contribution < 1.29 is 9.18 Å². The fraction of sp³-hybridized carbons (Fsp3) is 0.400. The van der Waals surface area contributed by atoms with Crippen molar-refractivity contribution >= 4 is 27.9 Å². The Labute approximate surface area is 121 Å². The van der Waals surface area contributed by atoms with Gasteiger partial charge in [-0.05, 0) is 50.0 Å². The number of halogens is 2. The number of hydrogen-bond acceptors (Lipinski definition) is 1. The van der Waals surface area contributed by atoms with Crippen LogP contribution in [-0.4, -0.2) is 23.9 Å². The molecule has 0 N–H and O–H groups in total. The summed E-state index contributed by atoms with van der Waals surface area (Å²) in [6.07, 6.45) is 5.35. The smallest absolute Gasteiger partial charge is 0.246 e. The van der Waals surface area contributed by atoms with Gasteiger partial charge in [0, 0.05) is 29.2 Å². The Morgan fingerprint density at radius 3 is 2.84 bits per heavy atom. The quantitative estimate of drug-likeness (QED) is 0.770. The van der Waals surface area contributed by atoms with Gasteiger partial charge in [0.05, 0.1) is 0 Å². The molecule has 0 spiro atoms. The molecular weight excluding hydrogens is 309 g/mol. The summed E-state index contributed by atoms with van der Waals surface area (Å²) < 4.78 is 14.3. The second-order valence-electron chi connectivity index (χ2n) is 5.03. The molecule has 0 radical (unpaired) electrons. The molecule has 0 saturated heterocycles. The third-order valence-electron chi connectivity index (χ3n) is 3.63. The highest BCUT2D eigenvalue weighted by Gasteiger charge is 2.31. The highest BCUT2D eigenvalue weighted by atomic mass is 79.9. The van der Waals surface area contributed by atoms with Gasteiger partial charge in [0.15, 0.2) is 0 Å². The predicted octanol–water partition coefficient (Wildman–Crippen LogP) is 3.86. The molecule has 1 unspecified atom stereocenters. The number of nitrogens with zero attached hydrogens (tertiary/aromatic N) is 1. The topological polar surface area (TPSA) is 20.3 Å². The van der Waals surface area contributed by atoms with E-state index >= 15 is 0 Å². The van der Waals surface area contributed by atoms with Crippen LogP contribution in [0.4, 0.5) is 4.39 Å². The Balaban J connectivity index is 2.04. The Bertz CT molecular complexity index is 511. The lowest BCUT2D eigenvalue weighted by Crippen LogP contribution is -2.35. The van der Waals surface area contributed by atoms with Crippen LogP contribution in [0.1, 0.15) is 25.3 Å². The van der Waals surface area contributed by atoms with Crippen molar-refractivity contribution in [3.63, 3.8) is 0 Å². The standard InChI is InChI=1S/C15H17BrFNO/c1-10(11-3-4-11)18(2)15(19)8-5-12-9-13(16)6-7-14(12)17/h5-11H,3-4H2,1-2H3/b8-5+. The Hall–Kier alpha value is -1.16. The summed E-state index contributed by atoms with van der Waals surface area (Å²) in [4.78, 5) is 13.7. The summed E-state index contributed by atoms with van der Waals surface area (Å²) in [6, 6.07) is 4.92. The second kappa shape index (κ2) is 5.87. The molecule has 1 aliphatic carbocycles. The number of amides is 1. The highest BCUT2D eigenvalue weighted by molar-refractivity contribution is 9.10. The monoisotopic (exact) mass is 325 g/mol.